The standard InChI is InChI=1S/C16H29NO4/c1-13(2)21-10-6-9-17-14(18)11-16(12-15(19)20)7-4-3-5-8-16/h13H,3-12H2,1-2H3,(H,17,18)(H,19,20). The van der Waals surface area contributed by atoms with Crippen LogP contribution in [-0.4, -0.2) is 36.2 Å². The molecule has 0 radical (unpaired) electrons. The van der Waals surface area contributed by atoms with E-state index in [-0.39, 0.29) is 23.8 Å². The Bertz CT molecular complexity index is 335. The van der Waals surface area contributed by atoms with Crippen molar-refractivity contribution in [1.29, 1.82) is 0 Å². The highest BCUT2D eigenvalue weighted by atomic mass is 16.5. The van der Waals surface area contributed by atoms with E-state index in [4.69, 9.17) is 9.84 Å². The van der Waals surface area contributed by atoms with Crippen LogP contribution in [0.5, 0.6) is 0 Å². The van der Waals surface area contributed by atoms with Crippen LogP contribution in [0.4, 0.5) is 0 Å². The van der Waals surface area contributed by atoms with Gasteiger partial charge in [0, 0.05) is 19.6 Å². The van der Waals surface area contributed by atoms with Crippen molar-refractivity contribution in [3.05, 3.63) is 0 Å². The minimum absolute atomic E-state index is 0.0253. The first-order chi connectivity index (χ1) is 9.93. The van der Waals surface area contributed by atoms with Gasteiger partial charge in [-0.3, -0.25) is 9.59 Å². The number of nitrogens with one attached hydrogen (secondary N) is 1. The van der Waals surface area contributed by atoms with Crippen molar-refractivity contribution >= 4 is 11.9 Å². The molecule has 0 heterocycles. The molecule has 0 aromatic rings. The van der Waals surface area contributed by atoms with E-state index in [0.717, 1.165) is 38.5 Å². The Morgan fingerprint density at radius 3 is 2.43 bits per heavy atom. The minimum Gasteiger partial charge on any atom is -0.481 e. The van der Waals surface area contributed by atoms with Gasteiger partial charge in [0.1, 0.15) is 0 Å². The van der Waals surface area contributed by atoms with Gasteiger partial charge in [-0.1, -0.05) is 19.3 Å². The lowest BCUT2D eigenvalue weighted by atomic mass is 9.69. The predicted molar refractivity (Wildman–Crippen MR) is 81.1 cm³/mol. The summed E-state index contributed by atoms with van der Waals surface area (Å²) >= 11 is 0. The van der Waals surface area contributed by atoms with Crippen LogP contribution in [0.3, 0.4) is 0 Å². The monoisotopic (exact) mass is 299 g/mol. The molecule has 0 spiro atoms. The molecule has 0 aromatic carbocycles. The first-order valence-electron chi connectivity index (χ1n) is 8.04. The number of hydrogen-bond donors (Lipinski definition) is 2. The van der Waals surface area contributed by atoms with Gasteiger partial charge in [0.25, 0.3) is 0 Å². The summed E-state index contributed by atoms with van der Waals surface area (Å²) in [7, 11) is 0. The Morgan fingerprint density at radius 1 is 1.19 bits per heavy atom. The quantitative estimate of drug-likeness (QED) is 0.642. The molecule has 0 saturated heterocycles. The number of carboxylic acid groups (broad SMARTS) is 1. The molecule has 1 aliphatic rings. The summed E-state index contributed by atoms with van der Waals surface area (Å²) in [6.07, 6.45) is 6.35. The maximum absolute atomic E-state index is 12.1. The van der Waals surface area contributed by atoms with E-state index in [9.17, 15) is 9.59 Å². The van der Waals surface area contributed by atoms with Gasteiger partial charge in [-0.05, 0) is 38.5 Å². The Morgan fingerprint density at radius 2 is 1.86 bits per heavy atom. The minimum atomic E-state index is -0.796. The number of amides is 1. The highest BCUT2D eigenvalue weighted by Gasteiger charge is 2.36. The van der Waals surface area contributed by atoms with Crippen molar-refractivity contribution in [3.63, 3.8) is 0 Å². The highest BCUT2D eigenvalue weighted by molar-refractivity contribution is 5.78. The average Bonchev–Trinajstić information content (AvgIpc) is 2.37. The van der Waals surface area contributed by atoms with Crippen molar-refractivity contribution < 1.29 is 19.4 Å². The summed E-state index contributed by atoms with van der Waals surface area (Å²) in [5.41, 5.74) is -0.331. The van der Waals surface area contributed by atoms with Crippen LogP contribution in [0.15, 0.2) is 0 Å². The molecule has 0 aromatic heterocycles. The van der Waals surface area contributed by atoms with E-state index in [1.807, 2.05) is 13.8 Å². The molecule has 1 aliphatic carbocycles. The van der Waals surface area contributed by atoms with E-state index in [1.54, 1.807) is 0 Å². The van der Waals surface area contributed by atoms with Crippen molar-refractivity contribution in [1.82, 2.24) is 5.32 Å². The lowest BCUT2D eigenvalue weighted by Crippen LogP contribution is -2.35. The van der Waals surface area contributed by atoms with Crippen LogP contribution in [0.2, 0.25) is 0 Å². The number of carbonyl (C=O) groups is 2. The average molecular weight is 299 g/mol. The van der Waals surface area contributed by atoms with Gasteiger partial charge in [-0.2, -0.15) is 0 Å². The van der Waals surface area contributed by atoms with Crippen molar-refractivity contribution in [2.45, 2.75) is 71.3 Å². The van der Waals surface area contributed by atoms with Gasteiger partial charge in [0.15, 0.2) is 0 Å². The summed E-state index contributed by atoms with van der Waals surface area (Å²) in [5.74, 6) is -0.822. The van der Waals surface area contributed by atoms with Crippen LogP contribution in [0.25, 0.3) is 0 Å². The molecule has 0 bridgehead atoms. The molecule has 1 fully saturated rings. The molecule has 5 heteroatoms. The van der Waals surface area contributed by atoms with E-state index < -0.39 is 5.97 Å². The van der Waals surface area contributed by atoms with Gasteiger partial charge in [-0.25, -0.2) is 0 Å². The van der Waals surface area contributed by atoms with E-state index in [2.05, 4.69) is 5.32 Å². The number of carbonyl (C=O) groups excluding carboxylic acids is 1. The topological polar surface area (TPSA) is 75.6 Å². The van der Waals surface area contributed by atoms with E-state index >= 15 is 0 Å². The second-order valence-corrected chi connectivity index (χ2v) is 6.43. The van der Waals surface area contributed by atoms with Gasteiger partial charge in [-0.15, -0.1) is 0 Å². The molecule has 1 saturated carbocycles. The summed E-state index contributed by atoms with van der Waals surface area (Å²) in [5, 5.41) is 12.0. The normalized spacial score (nSPS) is 17.7. The number of carboxylic acids is 1. The first-order valence-corrected chi connectivity index (χ1v) is 8.04. The van der Waals surface area contributed by atoms with E-state index in [1.165, 1.54) is 0 Å². The van der Waals surface area contributed by atoms with Crippen LogP contribution in [0, 0.1) is 5.41 Å². The zero-order valence-electron chi connectivity index (χ0n) is 13.3. The van der Waals surface area contributed by atoms with Crippen LogP contribution < -0.4 is 5.32 Å². The van der Waals surface area contributed by atoms with Crippen molar-refractivity contribution in [3.8, 4) is 0 Å². The van der Waals surface area contributed by atoms with E-state index in [0.29, 0.717) is 19.6 Å². The maximum Gasteiger partial charge on any atom is 0.303 e. The number of aliphatic carboxylic acids is 1. The fourth-order valence-corrected chi connectivity index (χ4v) is 3.06. The van der Waals surface area contributed by atoms with Crippen molar-refractivity contribution in [2.24, 2.45) is 5.41 Å². The second kappa shape index (κ2) is 9.03. The summed E-state index contributed by atoms with van der Waals surface area (Å²) in [6, 6.07) is 0. The summed E-state index contributed by atoms with van der Waals surface area (Å²) in [6.45, 7) is 5.20. The smallest absolute Gasteiger partial charge is 0.303 e. The molecular weight excluding hydrogens is 270 g/mol. The molecule has 0 unspecified atom stereocenters. The van der Waals surface area contributed by atoms with Crippen LogP contribution in [0.1, 0.15) is 65.2 Å². The van der Waals surface area contributed by atoms with Gasteiger partial charge < -0.3 is 15.2 Å². The fourth-order valence-electron chi connectivity index (χ4n) is 3.06. The maximum atomic E-state index is 12.1. The molecule has 1 rings (SSSR count). The molecule has 21 heavy (non-hydrogen) atoms. The third-order valence-corrected chi connectivity index (χ3v) is 4.07. The van der Waals surface area contributed by atoms with Gasteiger partial charge >= 0.3 is 5.97 Å². The van der Waals surface area contributed by atoms with Crippen LogP contribution >= 0.6 is 0 Å². The third kappa shape index (κ3) is 7.46. The number of ether oxygens (including phenoxy) is 1. The molecule has 5 nitrogen and oxygen atoms in total. The number of hydrogen-bond acceptors (Lipinski definition) is 3. The molecule has 2 N–H and O–H groups in total. The highest BCUT2D eigenvalue weighted by Crippen LogP contribution is 2.42. The lowest BCUT2D eigenvalue weighted by molar-refractivity contribution is -0.141. The predicted octanol–water partition coefficient (Wildman–Crippen LogP) is 2.73. The molecule has 1 amide bonds. The zero-order chi connectivity index (χ0) is 15.7. The molecule has 0 atom stereocenters. The summed E-state index contributed by atoms with van der Waals surface area (Å²) in [4.78, 5) is 23.1. The van der Waals surface area contributed by atoms with Gasteiger partial charge in [0.05, 0.1) is 12.5 Å². The zero-order valence-corrected chi connectivity index (χ0v) is 13.3. The fraction of sp³-hybridized carbons (Fsp3) is 0.875. The SMILES string of the molecule is CC(C)OCCCNC(=O)CC1(CC(=O)O)CCCCC1. The Hall–Kier alpha value is -1.10. The largest absolute Gasteiger partial charge is 0.481 e. The second-order valence-electron chi connectivity index (χ2n) is 6.43. The Balaban J connectivity index is 2.33. The lowest BCUT2D eigenvalue weighted by Gasteiger charge is -2.35. The first kappa shape index (κ1) is 18.0. The molecular formula is C16H29NO4. The molecule has 122 valence electrons. The Labute approximate surface area is 127 Å². The Kier molecular flexibility index (Phi) is 7.72. The van der Waals surface area contributed by atoms with Gasteiger partial charge in [0.2, 0.25) is 5.91 Å². The number of rotatable bonds is 9. The van der Waals surface area contributed by atoms with Crippen LogP contribution in [-0.2, 0) is 14.3 Å². The third-order valence-electron chi connectivity index (χ3n) is 4.07. The summed E-state index contributed by atoms with van der Waals surface area (Å²) < 4.78 is 5.42. The van der Waals surface area contributed by atoms with Crippen molar-refractivity contribution in [2.75, 3.05) is 13.2 Å². The molecule has 0 aliphatic heterocycles.